The van der Waals surface area contributed by atoms with E-state index in [-0.39, 0.29) is 5.91 Å². The molecule has 4 rings (SSSR count). The molecular formula is C19H11Cl2N3O2. The molecule has 7 heteroatoms. The fourth-order valence-electron chi connectivity index (χ4n) is 2.60. The SMILES string of the molecule is O=C(Nc1ccc(-c2cc3nonc3cc2Cl)cc1)c1ccccc1Cl. The molecular weight excluding hydrogens is 373 g/mol. The number of hydrogen-bond donors (Lipinski definition) is 1. The van der Waals surface area contributed by atoms with E-state index >= 15 is 0 Å². The highest BCUT2D eigenvalue weighted by Crippen LogP contribution is 2.32. The van der Waals surface area contributed by atoms with Crippen molar-refractivity contribution in [3.63, 3.8) is 0 Å². The number of rotatable bonds is 3. The van der Waals surface area contributed by atoms with E-state index in [1.165, 1.54) is 0 Å². The molecule has 0 spiro atoms. The quantitative estimate of drug-likeness (QED) is 0.510. The molecule has 0 aliphatic rings. The molecule has 0 saturated carbocycles. The summed E-state index contributed by atoms with van der Waals surface area (Å²) < 4.78 is 4.71. The lowest BCUT2D eigenvalue weighted by Gasteiger charge is -2.09. The predicted molar refractivity (Wildman–Crippen MR) is 102 cm³/mol. The number of carbonyl (C=O) groups is 1. The van der Waals surface area contributed by atoms with E-state index in [4.69, 9.17) is 27.8 Å². The normalized spacial score (nSPS) is 10.8. The highest BCUT2D eigenvalue weighted by molar-refractivity contribution is 6.34. The van der Waals surface area contributed by atoms with Crippen LogP contribution in [-0.2, 0) is 0 Å². The fourth-order valence-corrected chi connectivity index (χ4v) is 3.09. The van der Waals surface area contributed by atoms with Crippen LogP contribution >= 0.6 is 23.2 Å². The Balaban J connectivity index is 1.59. The number of aromatic nitrogens is 2. The predicted octanol–water partition coefficient (Wildman–Crippen LogP) is 5.45. The van der Waals surface area contributed by atoms with Gasteiger partial charge >= 0.3 is 0 Å². The van der Waals surface area contributed by atoms with Crippen molar-refractivity contribution in [2.75, 3.05) is 5.32 Å². The lowest BCUT2D eigenvalue weighted by Crippen LogP contribution is -2.12. The maximum absolute atomic E-state index is 12.3. The van der Waals surface area contributed by atoms with Crippen molar-refractivity contribution in [1.82, 2.24) is 10.3 Å². The van der Waals surface area contributed by atoms with Gasteiger partial charge in [0.1, 0.15) is 11.0 Å². The Labute approximate surface area is 158 Å². The Kier molecular flexibility index (Phi) is 4.32. The van der Waals surface area contributed by atoms with E-state index < -0.39 is 0 Å². The largest absolute Gasteiger partial charge is 0.322 e. The molecule has 0 saturated heterocycles. The number of nitrogens with zero attached hydrogens (tertiary/aromatic N) is 2. The summed E-state index contributed by atoms with van der Waals surface area (Å²) in [4.78, 5) is 12.3. The summed E-state index contributed by atoms with van der Waals surface area (Å²) in [5, 5.41) is 11.4. The van der Waals surface area contributed by atoms with Gasteiger partial charge in [0.15, 0.2) is 0 Å². The average molecular weight is 384 g/mol. The summed E-state index contributed by atoms with van der Waals surface area (Å²) in [5.41, 5.74) is 3.99. The van der Waals surface area contributed by atoms with Crippen LogP contribution < -0.4 is 5.32 Å². The number of carbonyl (C=O) groups excluding carboxylic acids is 1. The van der Waals surface area contributed by atoms with Crippen molar-refractivity contribution in [2.45, 2.75) is 0 Å². The van der Waals surface area contributed by atoms with Crippen LogP contribution in [0.3, 0.4) is 0 Å². The van der Waals surface area contributed by atoms with Crippen molar-refractivity contribution in [2.24, 2.45) is 0 Å². The van der Waals surface area contributed by atoms with Gasteiger partial charge in [-0.2, -0.15) is 0 Å². The second-order valence-corrected chi connectivity index (χ2v) is 6.41. The number of hydrogen-bond acceptors (Lipinski definition) is 4. The molecule has 128 valence electrons. The van der Waals surface area contributed by atoms with Crippen LogP contribution in [0.25, 0.3) is 22.2 Å². The second-order valence-electron chi connectivity index (χ2n) is 5.60. The second kappa shape index (κ2) is 6.78. The van der Waals surface area contributed by atoms with Crippen LogP contribution in [0.4, 0.5) is 5.69 Å². The van der Waals surface area contributed by atoms with Gasteiger partial charge in [-0.25, -0.2) is 4.63 Å². The molecule has 0 bridgehead atoms. The third-order valence-corrected chi connectivity index (χ3v) is 4.56. The lowest BCUT2D eigenvalue weighted by atomic mass is 10.0. The van der Waals surface area contributed by atoms with Crippen molar-refractivity contribution in [1.29, 1.82) is 0 Å². The van der Waals surface area contributed by atoms with Gasteiger partial charge in [0.25, 0.3) is 5.91 Å². The molecule has 0 atom stereocenters. The topological polar surface area (TPSA) is 68.0 Å². The number of amides is 1. The summed E-state index contributed by atoms with van der Waals surface area (Å²) >= 11 is 12.4. The zero-order valence-corrected chi connectivity index (χ0v) is 14.8. The third kappa shape index (κ3) is 3.14. The first-order valence-electron chi connectivity index (χ1n) is 7.70. The Bertz CT molecular complexity index is 1110. The first-order valence-corrected chi connectivity index (χ1v) is 8.45. The monoisotopic (exact) mass is 383 g/mol. The lowest BCUT2D eigenvalue weighted by molar-refractivity contribution is 0.102. The molecule has 5 nitrogen and oxygen atoms in total. The zero-order chi connectivity index (χ0) is 18.1. The van der Waals surface area contributed by atoms with Crippen LogP contribution in [0.1, 0.15) is 10.4 Å². The molecule has 0 radical (unpaired) electrons. The van der Waals surface area contributed by atoms with E-state index in [0.29, 0.717) is 32.3 Å². The van der Waals surface area contributed by atoms with Crippen LogP contribution in [-0.4, -0.2) is 16.2 Å². The van der Waals surface area contributed by atoms with E-state index in [0.717, 1.165) is 11.1 Å². The van der Waals surface area contributed by atoms with Crippen molar-refractivity contribution in [3.05, 3.63) is 76.3 Å². The van der Waals surface area contributed by atoms with Gasteiger partial charge < -0.3 is 5.32 Å². The van der Waals surface area contributed by atoms with Gasteiger partial charge in [-0.15, -0.1) is 0 Å². The van der Waals surface area contributed by atoms with Gasteiger partial charge in [-0.3, -0.25) is 4.79 Å². The maximum atomic E-state index is 12.3. The van der Waals surface area contributed by atoms with Crippen molar-refractivity contribution < 1.29 is 9.42 Å². The van der Waals surface area contributed by atoms with E-state index in [9.17, 15) is 4.79 Å². The molecule has 1 amide bonds. The summed E-state index contributed by atoms with van der Waals surface area (Å²) in [5.74, 6) is -0.267. The summed E-state index contributed by atoms with van der Waals surface area (Å²) in [6, 6.07) is 17.7. The Morgan fingerprint density at radius 1 is 0.885 bits per heavy atom. The molecule has 26 heavy (non-hydrogen) atoms. The molecule has 4 aromatic rings. The molecule has 1 heterocycles. The van der Waals surface area contributed by atoms with Gasteiger partial charge in [0.2, 0.25) is 0 Å². The highest BCUT2D eigenvalue weighted by Gasteiger charge is 2.11. The Morgan fingerprint density at radius 2 is 1.58 bits per heavy atom. The van der Waals surface area contributed by atoms with Crippen molar-refractivity contribution in [3.8, 4) is 11.1 Å². The summed E-state index contributed by atoms with van der Waals surface area (Å²) in [7, 11) is 0. The fraction of sp³-hybridized carbons (Fsp3) is 0. The number of fused-ring (bicyclic) bond motifs is 1. The molecule has 0 unspecified atom stereocenters. The van der Waals surface area contributed by atoms with Crippen LogP contribution in [0, 0.1) is 0 Å². The first kappa shape index (κ1) is 16.6. The van der Waals surface area contributed by atoms with Gasteiger partial charge in [-0.1, -0.05) is 47.5 Å². The Hall–Kier alpha value is -2.89. The minimum Gasteiger partial charge on any atom is -0.322 e. The minimum atomic E-state index is -0.267. The number of benzene rings is 3. The average Bonchev–Trinajstić information content (AvgIpc) is 3.09. The number of halogens is 2. The molecule has 1 N–H and O–H groups in total. The van der Waals surface area contributed by atoms with Crippen LogP contribution in [0.5, 0.6) is 0 Å². The molecule has 0 aliphatic heterocycles. The molecule has 1 aromatic heterocycles. The Morgan fingerprint density at radius 3 is 2.31 bits per heavy atom. The van der Waals surface area contributed by atoms with Gasteiger partial charge in [0, 0.05) is 11.3 Å². The molecule has 0 aliphatic carbocycles. The van der Waals surface area contributed by atoms with Crippen LogP contribution in [0.15, 0.2) is 65.3 Å². The molecule has 3 aromatic carbocycles. The van der Waals surface area contributed by atoms with Crippen molar-refractivity contribution >= 4 is 45.8 Å². The highest BCUT2D eigenvalue weighted by atomic mass is 35.5. The van der Waals surface area contributed by atoms with E-state index in [1.807, 2.05) is 18.2 Å². The minimum absolute atomic E-state index is 0.267. The first-order chi connectivity index (χ1) is 12.6. The van der Waals surface area contributed by atoms with E-state index in [2.05, 4.69) is 15.6 Å². The van der Waals surface area contributed by atoms with Gasteiger partial charge in [0.05, 0.1) is 15.6 Å². The number of nitrogens with one attached hydrogen (secondary N) is 1. The third-order valence-electron chi connectivity index (χ3n) is 3.91. The maximum Gasteiger partial charge on any atom is 0.257 e. The molecule has 0 fully saturated rings. The number of anilines is 1. The standard InChI is InChI=1S/C19H11Cl2N3O2/c20-15-4-2-1-3-13(15)19(25)22-12-7-5-11(6-8-12)14-9-17-18(10-16(14)21)24-26-23-17/h1-10H,(H,22,25). The smallest absolute Gasteiger partial charge is 0.257 e. The van der Waals surface area contributed by atoms with Gasteiger partial charge in [-0.05, 0) is 52.3 Å². The summed E-state index contributed by atoms with van der Waals surface area (Å²) in [6.45, 7) is 0. The summed E-state index contributed by atoms with van der Waals surface area (Å²) in [6.07, 6.45) is 0. The van der Waals surface area contributed by atoms with Crippen LogP contribution in [0.2, 0.25) is 10.0 Å². The van der Waals surface area contributed by atoms with E-state index in [1.54, 1.807) is 42.5 Å². The zero-order valence-electron chi connectivity index (χ0n) is 13.2.